The normalized spacial score (nSPS) is 11.8. The Morgan fingerprint density at radius 1 is 1.33 bits per heavy atom. The van der Waals surface area contributed by atoms with Crippen LogP contribution in [0.3, 0.4) is 0 Å². The van der Waals surface area contributed by atoms with Gasteiger partial charge in [0.05, 0.1) is 52.5 Å². The van der Waals surface area contributed by atoms with E-state index in [0.29, 0.717) is 21.9 Å². The first kappa shape index (κ1) is 22.3. The highest BCUT2D eigenvalue weighted by molar-refractivity contribution is 7.15. The Kier molecular flexibility index (Phi) is 6.58. The third kappa shape index (κ3) is 4.82. The lowest BCUT2D eigenvalue weighted by Crippen LogP contribution is -2.14. The van der Waals surface area contributed by atoms with Gasteiger partial charge in [-0.1, -0.05) is 18.2 Å². The van der Waals surface area contributed by atoms with Gasteiger partial charge in [0.2, 0.25) is 5.91 Å². The van der Waals surface area contributed by atoms with Crippen LogP contribution in [0.15, 0.2) is 54.9 Å². The molecule has 4 rings (SSSR count). The summed E-state index contributed by atoms with van der Waals surface area (Å²) in [6.45, 7) is 1.97. The van der Waals surface area contributed by atoms with Crippen molar-refractivity contribution in [2.75, 3.05) is 13.2 Å². The number of hydrogen-bond donors (Lipinski definition) is 2. The molecule has 0 bridgehead atoms. The number of nitrogens with two attached hydrogens (primary N) is 1. The van der Waals surface area contributed by atoms with Crippen molar-refractivity contribution in [3.63, 3.8) is 0 Å². The van der Waals surface area contributed by atoms with E-state index in [0.717, 1.165) is 21.8 Å². The second-order valence-corrected chi connectivity index (χ2v) is 8.45. The molecule has 0 spiro atoms. The van der Waals surface area contributed by atoms with Crippen LogP contribution < -0.4 is 15.2 Å². The molecule has 4 aromatic rings. The predicted molar refractivity (Wildman–Crippen MR) is 124 cm³/mol. The number of amides is 1. The van der Waals surface area contributed by atoms with Gasteiger partial charge in [-0.15, -0.1) is 11.3 Å². The lowest BCUT2D eigenvalue weighted by Gasteiger charge is -2.16. The maximum Gasteiger partial charge on any atom is 0.222 e. The first-order valence-electron chi connectivity index (χ1n) is 10.3. The zero-order valence-corrected chi connectivity index (χ0v) is 18.7. The number of hydrogen-bond acceptors (Lipinski definition) is 7. The van der Waals surface area contributed by atoms with Crippen molar-refractivity contribution in [1.29, 1.82) is 5.26 Å². The average molecular weight is 463 g/mol. The molecular formula is C24H22N4O4S. The minimum atomic E-state index is -0.462. The number of fused-ring (bicyclic) bond motifs is 1. The molecule has 3 heterocycles. The Morgan fingerprint density at radius 3 is 2.91 bits per heavy atom. The smallest absolute Gasteiger partial charge is 0.222 e. The number of rotatable bonds is 9. The van der Waals surface area contributed by atoms with Crippen molar-refractivity contribution in [2.24, 2.45) is 5.73 Å². The van der Waals surface area contributed by atoms with Crippen LogP contribution in [0.1, 0.15) is 29.0 Å². The molecule has 0 radical (unpaired) electrons. The van der Waals surface area contributed by atoms with Crippen molar-refractivity contribution in [3.8, 4) is 28.1 Å². The highest BCUT2D eigenvalue weighted by atomic mass is 32.1. The Balaban J connectivity index is 1.71. The minimum absolute atomic E-state index is 0.0359. The second-order valence-electron chi connectivity index (χ2n) is 7.31. The number of imidazole rings is 1. The lowest BCUT2D eigenvalue weighted by molar-refractivity contribution is -0.117. The van der Waals surface area contributed by atoms with Gasteiger partial charge in [-0.05, 0) is 25.1 Å². The molecule has 0 saturated carbocycles. The maximum atomic E-state index is 11.7. The van der Waals surface area contributed by atoms with Crippen molar-refractivity contribution < 1.29 is 19.4 Å². The first-order chi connectivity index (χ1) is 16.0. The molecule has 1 amide bonds. The van der Waals surface area contributed by atoms with Gasteiger partial charge in [0.25, 0.3) is 0 Å². The van der Waals surface area contributed by atoms with Crippen LogP contribution in [0.25, 0.3) is 16.2 Å². The van der Waals surface area contributed by atoms with E-state index in [1.54, 1.807) is 30.6 Å². The Labute approximate surface area is 194 Å². The van der Waals surface area contributed by atoms with E-state index in [1.165, 1.54) is 11.3 Å². The number of benzene rings is 1. The molecule has 0 aliphatic heterocycles. The van der Waals surface area contributed by atoms with E-state index in [9.17, 15) is 10.1 Å². The van der Waals surface area contributed by atoms with E-state index in [2.05, 4.69) is 11.1 Å². The summed E-state index contributed by atoms with van der Waals surface area (Å²) in [6.07, 6.45) is 3.17. The molecule has 33 heavy (non-hydrogen) atoms. The van der Waals surface area contributed by atoms with Crippen LogP contribution in [0.2, 0.25) is 0 Å². The third-order valence-electron chi connectivity index (χ3n) is 5.02. The fraction of sp³-hybridized carbons (Fsp3) is 0.208. The van der Waals surface area contributed by atoms with Crippen LogP contribution in [0.4, 0.5) is 0 Å². The van der Waals surface area contributed by atoms with Crippen molar-refractivity contribution in [2.45, 2.75) is 19.4 Å². The molecule has 9 heteroatoms. The highest BCUT2D eigenvalue weighted by Gasteiger charge is 2.20. The average Bonchev–Trinajstić information content (AvgIpc) is 3.40. The van der Waals surface area contributed by atoms with E-state index in [1.807, 2.05) is 35.6 Å². The van der Waals surface area contributed by atoms with Gasteiger partial charge in [-0.25, -0.2) is 4.98 Å². The molecule has 1 atom stereocenters. The SMILES string of the molecule is C[C@@H](Oc1cc(-c2cnc3ccc(OCCO)cn23)sc1CC(N)=O)c1ccccc1C#N. The Morgan fingerprint density at radius 2 is 2.15 bits per heavy atom. The second kappa shape index (κ2) is 9.73. The fourth-order valence-corrected chi connectivity index (χ4v) is 4.63. The third-order valence-corrected chi connectivity index (χ3v) is 6.16. The summed E-state index contributed by atoms with van der Waals surface area (Å²) in [4.78, 5) is 17.7. The van der Waals surface area contributed by atoms with Crippen molar-refractivity contribution in [3.05, 3.63) is 70.9 Å². The van der Waals surface area contributed by atoms with Gasteiger partial charge in [0.1, 0.15) is 29.9 Å². The molecule has 1 aromatic carbocycles. The van der Waals surface area contributed by atoms with Crippen LogP contribution >= 0.6 is 11.3 Å². The molecule has 168 valence electrons. The van der Waals surface area contributed by atoms with Gasteiger partial charge in [-0.2, -0.15) is 5.26 Å². The van der Waals surface area contributed by atoms with E-state index in [4.69, 9.17) is 20.3 Å². The maximum absolute atomic E-state index is 11.7. The molecule has 0 unspecified atom stereocenters. The van der Waals surface area contributed by atoms with Gasteiger partial charge >= 0.3 is 0 Å². The minimum Gasteiger partial charge on any atom is -0.490 e. The largest absolute Gasteiger partial charge is 0.490 e. The number of aliphatic hydroxyl groups excluding tert-OH is 1. The highest BCUT2D eigenvalue weighted by Crippen LogP contribution is 2.39. The van der Waals surface area contributed by atoms with Crippen LogP contribution in [0.5, 0.6) is 11.5 Å². The quantitative estimate of drug-likeness (QED) is 0.393. The number of nitriles is 1. The standard InChI is InChI=1S/C24H22N4O4S/c1-15(18-5-3-2-4-16(18)12-25)32-20-10-21(33-22(20)11-23(26)30)19-13-27-24-7-6-17(14-28(19)24)31-9-8-29/h2-7,10,13-15,29H,8-9,11H2,1H3,(H2,26,30)/t15-/m1/s1. The molecule has 8 nitrogen and oxygen atoms in total. The Bertz CT molecular complexity index is 1340. The summed E-state index contributed by atoms with van der Waals surface area (Å²) < 4.78 is 13.6. The van der Waals surface area contributed by atoms with Crippen LogP contribution in [0, 0.1) is 11.3 Å². The number of carbonyl (C=O) groups excluding carboxylic acids is 1. The van der Waals surface area contributed by atoms with Crippen LogP contribution in [-0.4, -0.2) is 33.6 Å². The summed E-state index contributed by atoms with van der Waals surface area (Å²) in [5.41, 5.74) is 8.31. The molecule has 3 aromatic heterocycles. The summed E-state index contributed by atoms with van der Waals surface area (Å²) in [7, 11) is 0. The van der Waals surface area contributed by atoms with Gasteiger partial charge in [0, 0.05) is 11.6 Å². The van der Waals surface area contributed by atoms with E-state index in [-0.39, 0.29) is 19.6 Å². The molecule has 0 saturated heterocycles. The van der Waals surface area contributed by atoms with Crippen molar-refractivity contribution in [1.82, 2.24) is 9.38 Å². The predicted octanol–water partition coefficient (Wildman–Crippen LogP) is 3.47. The van der Waals surface area contributed by atoms with Gasteiger partial charge < -0.3 is 20.3 Å². The number of nitrogens with zero attached hydrogens (tertiary/aromatic N) is 3. The first-order valence-corrected chi connectivity index (χ1v) is 11.1. The Hall–Kier alpha value is -3.87. The molecular weight excluding hydrogens is 440 g/mol. The topological polar surface area (TPSA) is 123 Å². The number of thiophene rings is 1. The van der Waals surface area contributed by atoms with Gasteiger partial charge in [-0.3, -0.25) is 9.20 Å². The monoisotopic (exact) mass is 462 g/mol. The van der Waals surface area contributed by atoms with E-state index >= 15 is 0 Å². The number of primary amides is 1. The number of aromatic nitrogens is 2. The lowest BCUT2D eigenvalue weighted by atomic mass is 10.0. The summed E-state index contributed by atoms with van der Waals surface area (Å²) >= 11 is 1.40. The summed E-state index contributed by atoms with van der Waals surface area (Å²) in [6, 6.07) is 14.9. The fourth-order valence-electron chi connectivity index (χ4n) is 3.52. The molecule has 0 aliphatic rings. The number of carbonyl (C=O) groups is 1. The number of pyridine rings is 1. The molecule has 3 N–H and O–H groups in total. The molecule has 0 fully saturated rings. The summed E-state index contributed by atoms with van der Waals surface area (Å²) in [5.74, 6) is 0.677. The number of ether oxygens (including phenoxy) is 2. The number of aliphatic hydroxyl groups is 1. The van der Waals surface area contributed by atoms with Crippen LogP contribution in [-0.2, 0) is 11.2 Å². The zero-order chi connectivity index (χ0) is 23.4. The summed E-state index contributed by atoms with van der Waals surface area (Å²) in [5, 5.41) is 18.4. The van der Waals surface area contributed by atoms with Gasteiger partial charge in [0.15, 0.2) is 0 Å². The zero-order valence-electron chi connectivity index (χ0n) is 17.9. The molecule has 0 aliphatic carbocycles. The van der Waals surface area contributed by atoms with Crippen molar-refractivity contribution >= 4 is 22.9 Å². The van der Waals surface area contributed by atoms with E-state index < -0.39 is 12.0 Å².